The molecule has 0 saturated carbocycles. The standard InChI is InChI=1S/C20H28N4O4S/c1-22-10-12-24(13-11-22)29(25,26)19-8-9-20(21-16-19)23(2)14-15-28-18-6-4-17(27-3)5-7-18/h4-9,16H,10-15H2,1-3H3. The van der Waals surface area contributed by atoms with Gasteiger partial charge in [-0.3, -0.25) is 0 Å². The van der Waals surface area contributed by atoms with E-state index in [0.717, 1.165) is 24.6 Å². The molecular formula is C20H28N4O4S. The van der Waals surface area contributed by atoms with Gasteiger partial charge in [-0.15, -0.1) is 0 Å². The van der Waals surface area contributed by atoms with E-state index in [1.165, 1.54) is 10.5 Å². The summed E-state index contributed by atoms with van der Waals surface area (Å²) in [5.41, 5.74) is 0. The summed E-state index contributed by atoms with van der Waals surface area (Å²) in [6.07, 6.45) is 1.43. The van der Waals surface area contributed by atoms with Crippen LogP contribution >= 0.6 is 0 Å². The van der Waals surface area contributed by atoms with E-state index in [4.69, 9.17) is 9.47 Å². The normalized spacial score (nSPS) is 15.8. The first kappa shape index (κ1) is 21.4. The number of methoxy groups -OCH3 is 1. The number of hydrogen-bond donors (Lipinski definition) is 0. The predicted octanol–water partition coefficient (Wildman–Crippen LogP) is 1.54. The van der Waals surface area contributed by atoms with Gasteiger partial charge in [-0.25, -0.2) is 13.4 Å². The zero-order chi connectivity index (χ0) is 20.9. The number of benzene rings is 1. The van der Waals surface area contributed by atoms with Gasteiger partial charge in [0.1, 0.15) is 28.8 Å². The van der Waals surface area contributed by atoms with Crippen molar-refractivity contribution in [3.8, 4) is 11.5 Å². The number of pyridine rings is 1. The molecule has 9 heteroatoms. The van der Waals surface area contributed by atoms with Crippen LogP contribution in [0.15, 0.2) is 47.5 Å². The monoisotopic (exact) mass is 420 g/mol. The molecule has 1 aromatic heterocycles. The Kier molecular flexibility index (Phi) is 6.94. The second-order valence-electron chi connectivity index (χ2n) is 7.01. The molecule has 29 heavy (non-hydrogen) atoms. The van der Waals surface area contributed by atoms with Gasteiger partial charge in [0.05, 0.1) is 13.7 Å². The highest BCUT2D eigenvalue weighted by Crippen LogP contribution is 2.20. The van der Waals surface area contributed by atoms with Crippen LogP contribution in [-0.4, -0.2) is 83.1 Å². The summed E-state index contributed by atoms with van der Waals surface area (Å²) in [5, 5.41) is 0. The lowest BCUT2D eigenvalue weighted by Gasteiger charge is -2.31. The van der Waals surface area contributed by atoms with Crippen LogP contribution in [0.3, 0.4) is 0 Å². The van der Waals surface area contributed by atoms with Crippen LogP contribution in [0, 0.1) is 0 Å². The van der Waals surface area contributed by atoms with E-state index in [2.05, 4.69) is 9.88 Å². The third-order valence-electron chi connectivity index (χ3n) is 4.97. The van der Waals surface area contributed by atoms with Crippen LogP contribution in [-0.2, 0) is 10.0 Å². The number of piperazine rings is 1. The molecule has 1 saturated heterocycles. The van der Waals surface area contributed by atoms with Gasteiger partial charge < -0.3 is 19.3 Å². The molecule has 0 radical (unpaired) electrons. The smallest absolute Gasteiger partial charge is 0.244 e. The highest BCUT2D eigenvalue weighted by atomic mass is 32.2. The van der Waals surface area contributed by atoms with Crippen molar-refractivity contribution in [1.82, 2.24) is 14.2 Å². The number of nitrogens with zero attached hydrogens (tertiary/aromatic N) is 4. The first-order chi connectivity index (χ1) is 13.9. The van der Waals surface area contributed by atoms with Crippen molar-refractivity contribution in [2.75, 3.05) is 65.4 Å². The fraction of sp³-hybridized carbons (Fsp3) is 0.450. The number of ether oxygens (including phenoxy) is 2. The number of likely N-dealkylation sites (N-methyl/N-ethyl adjacent to an activating group) is 2. The zero-order valence-electron chi connectivity index (χ0n) is 17.1. The molecule has 3 rings (SSSR count). The zero-order valence-corrected chi connectivity index (χ0v) is 17.9. The van der Waals surface area contributed by atoms with E-state index in [0.29, 0.717) is 32.1 Å². The van der Waals surface area contributed by atoms with Crippen molar-refractivity contribution in [3.63, 3.8) is 0 Å². The van der Waals surface area contributed by atoms with Gasteiger partial charge in [-0.2, -0.15) is 4.31 Å². The first-order valence-electron chi connectivity index (χ1n) is 9.53. The second-order valence-corrected chi connectivity index (χ2v) is 8.94. The van der Waals surface area contributed by atoms with Crippen LogP contribution in [0.1, 0.15) is 0 Å². The summed E-state index contributed by atoms with van der Waals surface area (Å²) in [7, 11) is 2.02. The minimum Gasteiger partial charge on any atom is -0.497 e. The summed E-state index contributed by atoms with van der Waals surface area (Å²) < 4.78 is 37.9. The molecule has 2 aromatic rings. The lowest BCUT2D eigenvalue weighted by Crippen LogP contribution is -2.47. The van der Waals surface area contributed by atoms with Crippen LogP contribution < -0.4 is 14.4 Å². The predicted molar refractivity (Wildman–Crippen MR) is 112 cm³/mol. The van der Waals surface area contributed by atoms with E-state index in [1.807, 2.05) is 43.3 Å². The lowest BCUT2D eigenvalue weighted by molar-refractivity contribution is 0.222. The summed E-state index contributed by atoms with van der Waals surface area (Å²) in [6.45, 7) is 3.57. The SMILES string of the molecule is COc1ccc(OCCN(C)c2ccc(S(=O)(=O)N3CCN(C)CC3)cn2)cc1. The Morgan fingerprint density at radius 1 is 1.03 bits per heavy atom. The molecule has 0 N–H and O–H groups in total. The first-order valence-corrected chi connectivity index (χ1v) is 11.0. The average molecular weight is 421 g/mol. The molecule has 1 aromatic carbocycles. The van der Waals surface area contributed by atoms with Crippen LogP contribution in [0.25, 0.3) is 0 Å². The van der Waals surface area contributed by atoms with Gasteiger partial charge in [0.15, 0.2) is 0 Å². The van der Waals surface area contributed by atoms with Crippen molar-refractivity contribution in [2.45, 2.75) is 4.90 Å². The highest BCUT2D eigenvalue weighted by molar-refractivity contribution is 7.89. The number of aromatic nitrogens is 1. The summed E-state index contributed by atoms with van der Waals surface area (Å²) in [4.78, 5) is 8.62. The quantitative estimate of drug-likeness (QED) is 0.641. The lowest BCUT2D eigenvalue weighted by atomic mass is 10.3. The fourth-order valence-electron chi connectivity index (χ4n) is 3.02. The number of hydrogen-bond acceptors (Lipinski definition) is 7. The number of rotatable bonds is 8. The Labute approximate surface area is 172 Å². The average Bonchev–Trinajstić information content (AvgIpc) is 2.74. The van der Waals surface area contributed by atoms with Gasteiger partial charge in [0.2, 0.25) is 10.0 Å². The van der Waals surface area contributed by atoms with Gasteiger partial charge >= 0.3 is 0 Å². The van der Waals surface area contributed by atoms with Crippen molar-refractivity contribution in [1.29, 1.82) is 0 Å². The Bertz CT molecular complexity index is 880. The van der Waals surface area contributed by atoms with E-state index in [-0.39, 0.29) is 4.90 Å². The molecule has 0 bridgehead atoms. The molecule has 0 amide bonds. The molecule has 1 fully saturated rings. The summed E-state index contributed by atoms with van der Waals surface area (Å²) >= 11 is 0. The Morgan fingerprint density at radius 3 is 2.28 bits per heavy atom. The molecule has 158 valence electrons. The third kappa shape index (κ3) is 5.37. The van der Waals surface area contributed by atoms with Gasteiger partial charge in [0.25, 0.3) is 0 Å². The Morgan fingerprint density at radius 2 is 1.69 bits per heavy atom. The molecule has 1 aliphatic rings. The van der Waals surface area contributed by atoms with Gasteiger partial charge in [0, 0.05) is 39.4 Å². The topological polar surface area (TPSA) is 75.2 Å². The number of sulfonamides is 1. The van der Waals surface area contributed by atoms with E-state index in [1.54, 1.807) is 19.2 Å². The molecule has 2 heterocycles. The minimum atomic E-state index is -3.50. The van der Waals surface area contributed by atoms with E-state index >= 15 is 0 Å². The molecule has 0 spiro atoms. The molecule has 0 aliphatic carbocycles. The molecule has 0 unspecified atom stereocenters. The van der Waals surface area contributed by atoms with Crippen LogP contribution in [0.2, 0.25) is 0 Å². The maximum absolute atomic E-state index is 12.8. The Hall–Kier alpha value is -2.36. The van der Waals surface area contributed by atoms with Crippen molar-refractivity contribution >= 4 is 15.8 Å². The minimum absolute atomic E-state index is 0.230. The highest BCUT2D eigenvalue weighted by Gasteiger charge is 2.27. The fourth-order valence-corrected chi connectivity index (χ4v) is 4.38. The van der Waals surface area contributed by atoms with Crippen LogP contribution in [0.4, 0.5) is 5.82 Å². The summed E-state index contributed by atoms with van der Waals surface area (Å²) in [5.74, 6) is 2.24. The third-order valence-corrected chi connectivity index (χ3v) is 6.85. The maximum Gasteiger partial charge on any atom is 0.244 e. The largest absolute Gasteiger partial charge is 0.497 e. The van der Waals surface area contributed by atoms with E-state index < -0.39 is 10.0 Å². The van der Waals surface area contributed by atoms with Crippen molar-refractivity contribution in [2.24, 2.45) is 0 Å². The maximum atomic E-state index is 12.8. The van der Waals surface area contributed by atoms with Gasteiger partial charge in [-0.1, -0.05) is 0 Å². The molecular weight excluding hydrogens is 392 g/mol. The summed E-state index contributed by atoms with van der Waals surface area (Å²) in [6, 6.07) is 10.8. The van der Waals surface area contributed by atoms with Crippen molar-refractivity contribution < 1.29 is 17.9 Å². The Balaban J connectivity index is 1.54. The van der Waals surface area contributed by atoms with Gasteiger partial charge in [-0.05, 0) is 43.4 Å². The second kappa shape index (κ2) is 9.43. The molecule has 0 atom stereocenters. The van der Waals surface area contributed by atoms with Crippen LogP contribution in [0.5, 0.6) is 11.5 Å². The molecule has 1 aliphatic heterocycles. The van der Waals surface area contributed by atoms with Crippen molar-refractivity contribution in [3.05, 3.63) is 42.6 Å². The number of anilines is 1. The van der Waals surface area contributed by atoms with E-state index in [9.17, 15) is 8.42 Å². The molecule has 8 nitrogen and oxygen atoms in total.